The van der Waals surface area contributed by atoms with Crippen LogP contribution in [-0.2, 0) is 19.9 Å². The van der Waals surface area contributed by atoms with Gasteiger partial charge in [-0.25, -0.2) is 9.78 Å². The molecule has 1 saturated carbocycles. The summed E-state index contributed by atoms with van der Waals surface area (Å²) in [6.45, 7) is 4.04. The van der Waals surface area contributed by atoms with Crippen LogP contribution in [0.3, 0.4) is 0 Å². The maximum Gasteiger partial charge on any atom is 0.412 e. The first-order chi connectivity index (χ1) is 19.0. The molecule has 1 aliphatic carbocycles. The summed E-state index contributed by atoms with van der Waals surface area (Å²) in [5, 5.41) is 6.83. The summed E-state index contributed by atoms with van der Waals surface area (Å²) >= 11 is 0. The lowest BCUT2D eigenvalue weighted by Gasteiger charge is -2.14. The van der Waals surface area contributed by atoms with Crippen LogP contribution < -0.4 is 5.32 Å². The van der Waals surface area contributed by atoms with Gasteiger partial charge in [-0.1, -0.05) is 65.8 Å². The zero-order chi connectivity index (χ0) is 27.0. The number of nitrogens with one attached hydrogen (secondary N) is 1. The number of anilines is 1. The smallest absolute Gasteiger partial charge is 0.412 e. The van der Waals surface area contributed by atoms with Crippen LogP contribution in [0.15, 0.2) is 82.1 Å². The van der Waals surface area contributed by atoms with E-state index in [9.17, 15) is 9.59 Å². The van der Waals surface area contributed by atoms with E-state index in [0.29, 0.717) is 34.7 Å². The van der Waals surface area contributed by atoms with E-state index in [1.807, 2.05) is 66.7 Å². The number of carbonyl (C=O) groups excluding carboxylic acids is 2. The van der Waals surface area contributed by atoms with Gasteiger partial charge < -0.3 is 18.4 Å². The molecule has 5 aromatic rings. The number of rotatable bonds is 8. The maximum absolute atomic E-state index is 12.8. The van der Waals surface area contributed by atoms with Gasteiger partial charge in [0, 0.05) is 11.1 Å². The lowest BCUT2D eigenvalue weighted by Crippen LogP contribution is -2.16. The summed E-state index contributed by atoms with van der Waals surface area (Å²) in [6, 6.07) is 21.3. The Morgan fingerprint density at radius 3 is 2.41 bits per heavy atom. The van der Waals surface area contributed by atoms with Crippen LogP contribution >= 0.6 is 0 Å². The Morgan fingerprint density at radius 1 is 1.03 bits per heavy atom. The molecule has 1 N–H and O–H groups in total. The number of nitrogens with zero attached hydrogens (tertiary/aromatic N) is 2. The summed E-state index contributed by atoms with van der Waals surface area (Å²) in [5.74, 6) is 0.429. The SMILES string of the molecule is Cc1noc(-c2ccc(-c3ccc(C4(OC=O)CC4)cc3)cc2)c1NC(=O)O[C@H](C)c1cccc2ncoc12. The van der Waals surface area contributed by atoms with Crippen molar-refractivity contribution in [2.75, 3.05) is 5.32 Å². The quantitative estimate of drug-likeness (QED) is 0.218. The van der Waals surface area contributed by atoms with E-state index < -0.39 is 17.8 Å². The number of carbonyl (C=O) groups is 2. The molecule has 196 valence electrons. The number of amides is 1. The summed E-state index contributed by atoms with van der Waals surface area (Å²) in [5.41, 5.74) is 6.28. The molecule has 1 amide bonds. The second kappa shape index (κ2) is 9.75. The topological polar surface area (TPSA) is 117 Å². The van der Waals surface area contributed by atoms with Crippen molar-refractivity contribution in [3.63, 3.8) is 0 Å². The predicted octanol–water partition coefficient (Wildman–Crippen LogP) is 6.93. The molecular formula is C30H25N3O6. The molecule has 0 radical (unpaired) electrons. The van der Waals surface area contributed by atoms with Crippen molar-refractivity contribution < 1.29 is 28.0 Å². The highest BCUT2D eigenvalue weighted by molar-refractivity contribution is 5.91. The molecule has 2 heterocycles. The van der Waals surface area contributed by atoms with Crippen LogP contribution in [-0.4, -0.2) is 22.7 Å². The van der Waals surface area contributed by atoms with Crippen molar-refractivity contribution in [2.45, 2.75) is 38.4 Å². The summed E-state index contributed by atoms with van der Waals surface area (Å²) < 4.78 is 21.9. The van der Waals surface area contributed by atoms with Gasteiger partial charge in [-0.15, -0.1) is 0 Å². The number of hydrogen-bond acceptors (Lipinski definition) is 8. The molecule has 9 heteroatoms. The van der Waals surface area contributed by atoms with E-state index in [2.05, 4.69) is 15.5 Å². The third-order valence-corrected chi connectivity index (χ3v) is 7.07. The monoisotopic (exact) mass is 523 g/mol. The molecule has 1 fully saturated rings. The molecule has 0 spiro atoms. The normalized spacial score (nSPS) is 14.5. The molecule has 9 nitrogen and oxygen atoms in total. The van der Waals surface area contributed by atoms with E-state index in [4.69, 9.17) is 18.4 Å². The lowest BCUT2D eigenvalue weighted by molar-refractivity contribution is -0.136. The van der Waals surface area contributed by atoms with Crippen molar-refractivity contribution >= 4 is 29.4 Å². The van der Waals surface area contributed by atoms with Crippen molar-refractivity contribution in [1.29, 1.82) is 0 Å². The summed E-state index contributed by atoms with van der Waals surface area (Å²) in [6.07, 6.45) is 1.83. The number of hydrogen-bond donors (Lipinski definition) is 1. The fraction of sp³-hybridized carbons (Fsp3) is 0.200. The molecule has 2 aromatic heterocycles. The van der Waals surface area contributed by atoms with E-state index in [-0.39, 0.29) is 0 Å². The van der Waals surface area contributed by atoms with Gasteiger partial charge in [0.15, 0.2) is 17.7 Å². The fourth-order valence-electron chi connectivity index (χ4n) is 4.76. The molecule has 0 saturated heterocycles. The number of oxazole rings is 1. The highest BCUT2D eigenvalue weighted by atomic mass is 16.6. The molecule has 1 atom stereocenters. The highest BCUT2D eigenvalue weighted by Gasteiger charge is 2.46. The molecule has 0 aliphatic heterocycles. The Balaban J connectivity index is 1.16. The van der Waals surface area contributed by atoms with E-state index >= 15 is 0 Å². The standard InChI is InChI=1S/C30H25N3O6/c1-18-26(32-29(35)38-19(2)24-4-3-5-25-28(24)36-16-31-25)27(39-33-18)22-8-6-20(7-9-22)21-10-12-23(13-11-21)30(14-15-30)37-17-34/h3-13,16-17,19H,14-15H2,1-2H3,(H,32,35)/t19-/m1/s1. The molecule has 0 bridgehead atoms. The van der Waals surface area contributed by atoms with Gasteiger partial charge in [-0.2, -0.15) is 0 Å². The Hall–Kier alpha value is -4.92. The van der Waals surface area contributed by atoms with Gasteiger partial charge in [0.05, 0.1) is 0 Å². The zero-order valence-electron chi connectivity index (χ0n) is 21.3. The third-order valence-electron chi connectivity index (χ3n) is 7.07. The highest BCUT2D eigenvalue weighted by Crippen LogP contribution is 2.49. The van der Waals surface area contributed by atoms with Gasteiger partial charge in [-0.3, -0.25) is 10.1 Å². The Morgan fingerprint density at radius 2 is 1.72 bits per heavy atom. The lowest BCUT2D eigenvalue weighted by atomic mass is 9.99. The van der Waals surface area contributed by atoms with E-state index in [1.54, 1.807) is 13.8 Å². The van der Waals surface area contributed by atoms with Gasteiger partial charge >= 0.3 is 6.09 Å². The largest absolute Gasteiger partial charge is 0.456 e. The molecular weight excluding hydrogens is 498 g/mol. The summed E-state index contributed by atoms with van der Waals surface area (Å²) in [7, 11) is 0. The molecule has 6 rings (SSSR count). The van der Waals surface area contributed by atoms with Crippen LogP contribution in [0.2, 0.25) is 0 Å². The van der Waals surface area contributed by atoms with Gasteiger partial charge in [0.25, 0.3) is 6.47 Å². The number of fused-ring (bicyclic) bond motifs is 1. The number of aromatic nitrogens is 2. The van der Waals surface area contributed by atoms with Crippen LogP contribution in [0.1, 0.15) is 42.7 Å². The zero-order valence-corrected chi connectivity index (χ0v) is 21.3. The average molecular weight is 524 g/mol. The van der Waals surface area contributed by atoms with Gasteiger partial charge in [0.2, 0.25) is 0 Å². The van der Waals surface area contributed by atoms with Crippen molar-refractivity contribution in [3.05, 3.63) is 89.9 Å². The van der Waals surface area contributed by atoms with Crippen LogP contribution in [0, 0.1) is 6.92 Å². The van der Waals surface area contributed by atoms with Crippen molar-refractivity contribution in [1.82, 2.24) is 10.1 Å². The Labute approximate surface area is 223 Å². The number of benzene rings is 3. The first-order valence-corrected chi connectivity index (χ1v) is 12.6. The number of para-hydroxylation sites is 1. The van der Waals surface area contributed by atoms with Crippen molar-refractivity contribution in [3.8, 4) is 22.5 Å². The number of aryl methyl sites for hydroxylation is 1. The Kier molecular flexibility index (Phi) is 6.11. The summed E-state index contributed by atoms with van der Waals surface area (Å²) in [4.78, 5) is 27.8. The van der Waals surface area contributed by atoms with Crippen LogP contribution in [0.4, 0.5) is 10.5 Å². The average Bonchev–Trinajstić information content (AvgIpc) is 3.41. The second-order valence-electron chi connectivity index (χ2n) is 9.56. The molecule has 3 aromatic carbocycles. The minimum atomic E-state index is -0.643. The minimum Gasteiger partial charge on any atom is -0.456 e. The van der Waals surface area contributed by atoms with E-state index in [1.165, 1.54) is 6.39 Å². The molecule has 39 heavy (non-hydrogen) atoms. The maximum atomic E-state index is 12.8. The molecule has 0 unspecified atom stereocenters. The third kappa shape index (κ3) is 4.63. The Bertz CT molecular complexity index is 1650. The van der Waals surface area contributed by atoms with Crippen molar-refractivity contribution in [2.24, 2.45) is 0 Å². The fourth-order valence-corrected chi connectivity index (χ4v) is 4.76. The second-order valence-corrected chi connectivity index (χ2v) is 9.56. The van der Waals surface area contributed by atoms with Gasteiger partial charge in [-0.05, 0) is 49.4 Å². The van der Waals surface area contributed by atoms with Crippen LogP contribution in [0.25, 0.3) is 33.6 Å². The van der Waals surface area contributed by atoms with Crippen LogP contribution in [0.5, 0.6) is 0 Å². The predicted molar refractivity (Wildman–Crippen MR) is 143 cm³/mol. The first kappa shape index (κ1) is 24.4. The minimum absolute atomic E-state index is 0.429. The molecule has 1 aliphatic rings. The van der Waals surface area contributed by atoms with Gasteiger partial charge in [0.1, 0.15) is 28.6 Å². The first-order valence-electron chi connectivity index (χ1n) is 12.6. The number of ether oxygens (including phenoxy) is 2. The van der Waals surface area contributed by atoms with E-state index in [0.717, 1.165) is 40.7 Å².